The quantitative estimate of drug-likeness (QED) is 0.294. The molecular formula is C30H25BN2O2. The van der Waals surface area contributed by atoms with E-state index in [4.69, 9.17) is 14.3 Å². The maximum atomic E-state index is 6.00. The van der Waals surface area contributed by atoms with Crippen molar-refractivity contribution >= 4 is 23.6 Å². The number of hydrogen-bond donors (Lipinski definition) is 0. The number of benzene rings is 4. The third-order valence-electron chi connectivity index (χ3n) is 6.56. The van der Waals surface area contributed by atoms with E-state index in [-0.39, 0.29) is 0 Å². The van der Waals surface area contributed by atoms with Crippen LogP contribution in [-0.4, -0.2) is 22.3 Å². The highest BCUT2D eigenvalue weighted by atomic mass is 16.7. The Bertz CT molecular complexity index is 1520. The lowest BCUT2D eigenvalue weighted by Gasteiger charge is -2.15. The van der Waals surface area contributed by atoms with Gasteiger partial charge in [0.2, 0.25) is 0 Å². The van der Waals surface area contributed by atoms with Crippen LogP contribution < -0.4 is 5.46 Å². The summed E-state index contributed by atoms with van der Waals surface area (Å²) >= 11 is 0. The van der Waals surface area contributed by atoms with Crippen LogP contribution in [0.15, 0.2) is 115 Å². The highest BCUT2D eigenvalue weighted by Crippen LogP contribution is 2.31. The first-order valence-electron chi connectivity index (χ1n) is 11.8. The molecule has 0 bridgehead atoms. The fourth-order valence-corrected chi connectivity index (χ4v) is 4.47. The predicted molar refractivity (Wildman–Crippen MR) is 143 cm³/mol. The van der Waals surface area contributed by atoms with Gasteiger partial charge in [-0.3, -0.25) is 4.57 Å². The molecule has 35 heavy (non-hydrogen) atoms. The first-order valence-corrected chi connectivity index (χ1v) is 11.8. The largest absolute Gasteiger partial charge is 0.563 e. The first kappa shape index (κ1) is 21.4. The third kappa shape index (κ3) is 3.84. The number of hydrogen-bond acceptors (Lipinski definition) is 3. The summed E-state index contributed by atoms with van der Waals surface area (Å²) < 4.78 is 14.0. The van der Waals surface area contributed by atoms with E-state index < -0.39 is 12.7 Å². The molecule has 170 valence electrons. The van der Waals surface area contributed by atoms with E-state index in [1.54, 1.807) is 0 Å². The Morgan fingerprint density at radius 3 is 2.00 bits per heavy atom. The second-order valence-corrected chi connectivity index (χ2v) is 9.30. The van der Waals surface area contributed by atoms with Gasteiger partial charge in [-0.1, -0.05) is 85.4 Å². The third-order valence-corrected chi connectivity index (χ3v) is 6.56. The molecule has 0 atom stereocenters. The smallest absolute Gasteiger partial charge is 0.534 e. The topological polar surface area (TPSA) is 36.3 Å². The molecule has 1 aromatic heterocycles. The predicted octanol–water partition coefficient (Wildman–Crippen LogP) is 6.39. The molecule has 0 radical (unpaired) electrons. The van der Waals surface area contributed by atoms with E-state index in [0.29, 0.717) is 5.76 Å². The normalized spacial score (nSPS) is 14.9. The Morgan fingerprint density at radius 2 is 1.34 bits per heavy atom. The summed E-state index contributed by atoms with van der Waals surface area (Å²) in [6, 6.07) is 35.5. The summed E-state index contributed by atoms with van der Waals surface area (Å²) in [4.78, 5) is 4.96. The molecule has 0 amide bonds. The molecule has 6 rings (SSSR count). The highest BCUT2D eigenvalue weighted by Gasteiger charge is 2.42. The van der Waals surface area contributed by atoms with Gasteiger partial charge >= 0.3 is 7.12 Å². The Hall–Kier alpha value is -4.09. The van der Waals surface area contributed by atoms with Crippen LogP contribution in [0.25, 0.3) is 39.2 Å². The monoisotopic (exact) mass is 456 g/mol. The zero-order valence-corrected chi connectivity index (χ0v) is 19.8. The van der Waals surface area contributed by atoms with Crippen molar-refractivity contribution in [2.24, 2.45) is 0 Å². The van der Waals surface area contributed by atoms with E-state index in [1.165, 1.54) is 0 Å². The molecule has 0 unspecified atom stereocenters. The molecule has 5 aromatic rings. The van der Waals surface area contributed by atoms with Crippen molar-refractivity contribution in [3.05, 3.63) is 115 Å². The van der Waals surface area contributed by atoms with Gasteiger partial charge in [-0.25, -0.2) is 4.98 Å². The average molecular weight is 456 g/mol. The minimum Gasteiger partial charge on any atom is -0.534 e. The summed E-state index contributed by atoms with van der Waals surface area (Å²) in [7, 11) is -0.417. The molecule has 0 saturated carbocycles. The molecule has 1 aliphatic heterocycles. The van der Waals surface area contributed by atoms with Gasteiger partial charge in [0.1, 0.15) is 11.4 Å². The average Bonchev–Trinajstić information content (AvgIpc) is 3.41. The van der Waals surface area contributed by atoms with Gasteiger partial charge < -0.3 is 9.31 Å². The number of nitrogens with zero attached hydrogens (tertiary/aromatic N) is 2. The summed E-state index contributed by atoms with van der Waals surface area (Å²) in [6.45, 7) is 7.91. The lowest BCUT2D eigenvalue weighted by Crippen LogP contribution is -2.34. The number of para-hydroxylation sites is 3. The molecule has 0 N–H and O–H groups in total. The van der Waals surface area contributed by atoms with Crippen molar-refractivity contribution < 1.29 is 9.31 Å². The van der Waals surface area contributed by atoms with Gasteiger partial charge in [0.15, 0.2) is 0 Å². The standard InChI is InChI=1S/C30H25BN2O2/c1-21-30(2,3)35-31(34-21)25-19-17-23(18-20-25)22-13-15-24(16-14-22)29-32-27-11-7-8-12-28(27)33(29)26-9-5-4-6-10-26/h4-20H,1H2,2-3H3. The molecule has 0 aliphatic carbocycles. The lowest BCUT2D eigenvalue weighted by atomic mass is 9.78. The number of fused-ring (bicyclic) bond motifs is 1. The van der Waals surface area contributed by atoms with Crippen molar-refractivity contribution in [3.63, 3.8) is 0 Å². The molecule has 1 aliphatic rings. The highest BCUT2D eigenvalue weighted by molar-refractivity contribution is 6.62. The second-order valence-electron chi connectivity index (χ2n) is 9.30. The molecule has 1 saturated heterocycles. The van der Waals surface area contributed by atoms with Crippen molar-refractivity contribution in [3.8, 4) is 28.2 Å². The van der Waals surface area contributed by atoms with Gasteiger partial charge in [0, 0.05) is 11.3 Å². The number of rotatable bonds is 4. The van der Waals surface area contributed by atoms with Crippen molar-refractivity contribution in [2.75, 3.05) is 0 Å². The van der Waals surface area contributed by atoms with Gasteiger partial charge in [0.25, 0.3) is 0 Å². The molecule has 5 heteroatoms. The SMILES string of the molecule is C=C1OB(c2ccc(-c3ccc(-c4nc5ccccc5n4-c4ccccc4)cc3)cc2)OC1(C)C. The molecule has 2 heterocycles. The maximum absolute atomic E-state index is 6.00. The van der Waals surface area contributed by atoms with E-state index in [0.717, 1.165) is 44.7 Å². The molecule has 4 aromatic carbocycles. The van der Waals surface area contributed by atoms with Crippen LogP contribution in [0, 0.1) is 0 Å². The van der Waals surface area contributed by atoms with Crippen LogP contribution in [0.4, 0.5) is 0 Å². The first-order chi connectivity index (χ1) is 17.0. The Balaban J connectivity index is 1.32. The van der Waals surface area contributed by atoms with Crippen LogP contribution in [0.2, 0.25) is 0 Å². The fraction of sp³-hybridized carbons (Fsp3) is 0.100. The van der Waals surface area contributed by atoms with Crippen LogP contribution in [-0.2, 0) is 9.31 Å². The van der Waals surface area contributed by atoms with E-state index in [1.807, 2.05) is 26.0 Å². The van der Waals surface area contributed by atoms with Crippen molar-refractivity contribution in [1.82, 2.24) is 9.55 Å². The summed E-state index contributed by atoms with van der Waals surface area (Å²) in [5, 5.41) is 0. The van der Waals surface area contributed by atoms with E-state index in [2.05, 4.69) is 102 Å². The molecular weight excluding hydrogens is 431 g/mol. The summed E-state index contributed by atoms with van der Waals surface area (Å²) in [5.41, 5.74) is 7.01. The van der Waals surface area contributed by atoms with Crippen LogP contribution in [0.1, 0.15) is 13.8 Å². The van der Waals surface area contributed by atoms with Crippen LogP contribution in [0.5, 0.6) is 0 Å². The molecule has 4 nitrogen and oxygen atoms in total. The Morgan fingerprint density at radius 1 is 0.743 bits per heavy atom. The maximum Gasteiger partial charge on any atom is 0.563 e. The van der Waals surface area contributed by atoms with Gasteiger partial charge in [0.05, 0.1) is 16.8 Å². The van der Waals surface area contributed by atoms with Gasteiger partial charge in [-0.05, 0) is 54.7 Å². The Labute approximate surface area is 205 Å². The zero-order chi connectivity index (χ0) is 24.0. The van der Waals surface area contributed by atoms with Gasteiger partial charge in [-0.2, -0.15) is 0 Å². The van der Waals surface area contributed by atoms with E-state index >= 15 is 0 Å². The Kier molecular flexibility index (Phi) is 5.08. The summed E-state index contributed by atoms with van der Waals surface area (Å²) in [6.07, 6.45) is 0. The van der Waals surface area contributed by atoms with E-state index in [9.17, 15) is 0 Å². The minimum atomic E-state index is -0.477. The summed E-state index contributed by atoms with van der Waals surface area (Å²) in [5.74, 6) is 1.58. The fourth-order valence-electron chi connectivity index (χ4n) is 4.47. The van der Waals surface area contributed by atoms with Crippen molar-refractivity contribution in [1.29, 1.82) is 0 Å². The second kappa shape index (κ2) is 8.29. The van der Waals surface area contributed by atoms with Crippen LogP contribution in [0.3, 0.4) is 0 Å². The molecule has 1 fully saturated rings. The minimum absolute atomic E-state index is 0.417. The zero-order valence-electron chi connectivity index (χ0n) is 19.8. The number of imidazole rings is 1. The van der Waals surface area contributed by atoms with Crippen LogP contribution >= 0.6 is 0 Å². The lowest BCUT2D eigenvalue weighted by molar-refractivity contribution is 0.173. The van der Waals surface area contributed by atoms with Gasteiger partial charge in [-0.15, -0.1) is 0 Å². The number of aromatic nitrogens is 2. The molecule has 0 spiro atoms. The van der Waals surface area contributed by atoms with Crippen molar-refractivity contribution in [2.45, 2.75) is 19.4 Å².